The molecular weight excluding hydrogens is 360 g/mol. The Bertz CT molecular complexity index is 820. The number of urea groups is 1. The molecule has 0 spiro atoms. The van der Waals surface area contributed by atoms with Crippen molar-refractivity contribution >= 4 is 23.4 Å². The van der Waals surface area contributed by atoms with E-state index in [1.165, 1.54) is 23.1 Å². The SMILES string of the molecule is Cc1cccc(C)c1N1CCN(CCNC(=O)Nc2cocc2C(=O)O)CC1. The number of furan rings is 1. The van der Waals surface area contributed by atoms with Crippen LogP contribution in [0.3, 0.4) is 0 Å². The summed E-state index contributed by atoms with van der Waals surface area (Å²) in [6, 6.07) is 5.93. The maximum Gasteiger partial charge on any atom is 0.341 e. The molecule has 1 saturated heterocycles. The second-order valence-corrected chi connectivity index (χ2v) is 6.95. The molecule has 1 aliphatic rings. The largest absolute Gasteiger partial charge is 0.477 e. The van der Waals surface area contributed by atoms with Gasteiger partial charge in [-0.05, 0) is 25.0 Å². The normalized spacial score (nSPS) is 14.7. The first-order chi connectivity index (χ1) is 13.5. The van der Waals surface area contributed by atoms with Gasteiger partial charge < -0.3 is 25.1 Å². The Morgan fingerprint density at radius 2 is 1.79 bits per heavy atom. The van der Waals surface area contributed by atoms with Crippen molar-refractivity contribution in [2.45, 2.75) is 13.8 Å². The number of rotatable bonds is 6. The highest BCUT2D eigenvalue weighted by molar-refractivity contribution is 5.99. The molecule has 3 rings (SSSR count). The van der Waals surface area contributed by atoms with Gasteiger partial charge in [-0.15, -0.1) is 0 Å². The molecule has 2 heterocycles. The number of benzene rings is 1. The third kappa shape index (κ3) is 4.64. The lowest BCUT2D eigenvalue weighted by atomic mass is 10.1. The predicted molar refractivity (Wildman–Crippen MR) is 107 cm³/mol. The molecule has 0 atom stereocenters. The maximum absolute atomic E-state index is 12.0. The number of hydrogen-bond donors (Lipinski definition) is 3. The molecule has 150 valence electrons. The molecule has 1 aliphatic heterocycles. The molecule has 1 fully saturated rings. The van der Waals surface area contributed by atoms with E-state index in [4.69, 9.17) is 9.52 Å². The van der Waals surface area contributed by atoms with Gasteiger partial charge in [0, 0.05) is 45.0 Å². The van der Waals surface area contributed by atoms with Crippen LogP contribution in [0.25, 0.3) is 0 Å². The molecule has 0 radical (unpaired) electrons. The first-order valence-corrected chi connectivity index (χ1v) is 9.33. The van der Waals surface area contributed by atoms with Crippen LogP contribution in [0, 0.1) is 13.8 Å². The van der Waals surface area contributed by atoms with E-state index in [2.05, 4.69) is 52.5 Å². The van der Waals surface area contributed by atoms with Crippen molar-refractivity contribution in [2.24, 2.45) is 0 Å². The van der Waals surface area contributed by atoms with Gasteiger partial charge in [0.2, 0.25) is 0 Å². The number of carbonyl (C=O) groups is 2. The number of carboxylic acids is 1. The predicted octanol–water partition coefficient (Wildman–Crippen LogP) is 2.54. The summed E-state index contributed by atoms with van der Waals surface area (Å²) in [6.45, 7) is 9.29. The summed E-state index contributed by atoms with van der Waals surface area (Å²) in [4.78, 5) is 27.7. The number of anilines is 2. The molecule has 1 aromatic carbocycles. The van der Waals surface area contributed by atoms with Crippen LogP contribution in [0.5, 0.6) is 0 Å². The highest BCUT2D eigenvalue weighted by Crippen LogP contribution is 2.25. The Hall–Kier alpha value is -3.00. The number of aromatic carboxylic acids is 1. The maximum atomic E-state index is 12.0. The summed E-state index contributed by atoms with van der Waals surface area (Å²) in [5, 5.41) is 14.3. The van der Waals surface area contributed by atoms with Crippen molar-refractivity contribution in [3.63, 3.8) is 0 Å². The van der Waals surface area contributed by atoms with E-state index in [1.807, 2.05) is 0 Å². The van der Waals surface area contributed by atoms with Crippen LogP contribution < -0.4 is 15.5 Å². The number of para-hydroxylation sites is 1. The third-order valence-corrected chi connectivity index (χ3v) is 4.98. The van der Waals surface area contributed by atoms with Gasteiger partial charge in [0.05, 0.1) is 5.69 Å². The topological polar surface area (TPSA) is 98.0 Å². The number of piperazine rings is 1. The highest BCUT2D eigenvalue weighted by atomic mass is 16.4. The molecule has 0 unspecified atom stereocenters. The number of hydrogen-bond acceptors (Lipinski definition) is 5. The number of carboxylic acid groups (broad SMARTS) is 1. The average molecular weight is 386 g/mol. The molecule has 0 saturated carbocycles. The second kappa shape index (κ2) is 8.79. The molecule has 1 aromatic heterocycles. The highest BCUT2D eigenvalue weighted by Gasteiger charge is 2.20. The smallest absolute Gasteiger partial charge is 0.341 e. The van der Waals surface area contributed by atoms with Crippen molar-refractivity contribution in [3.8, 4) is 0 Å². The van der Waals surface area contributed by atoms with Crippen LogP contribution in [0.15, 0.2) is 35.1 Å². The van der Waals surface area contributed by atoms with E-state index in [0.29, 0.717) is 6.54 Å². The zero-order valence-corrected chi connectivity index (χ0v) is 16.2. The molecule has 0 aliphatic carbocycles. The van der Waals surface area contributed by atoms with Crippen LogP contribution >= 0.6 is 0 Å². The first kappa shape index (κ1) is 19.8. The lowest BCUT2D eigenvalue weighted by Crippen LogP contribution is -2.49. The summed E-state index contributed by atoms with van der Waals surface area (Å²) in [5.74, 6) is -1.15. The zero-order valence-electron chi connectivity index (χ0n) is 16.2. The fourth-order valence-corrected chi connectivity index (χ4v) is 3.55. The van der Waals surface area contributed by atoms with E-state index >= 15 is 0 Å². The summed E-state index contributed by atoms with van der Waals surface area (Å²) in [7, 11) is 0. The molecule has 2 amide bonds. The Kier molecular flexibility index (Phi) is 6.20. The molecule has 8 heteroatoms. The third-order valence-electron chi connectivity index (χ3n) is 4.98. The van der Waals surface area contributed by atoms with Crippen molar-refractivity contribution < 1.29 is 19.1 Å². The number of aryl methyl sites for hydroxylation is 2. The quantitative estimate of drug-likeness (QED) is 0.706. The van der Waals surface area contributed by atoms with Gasteiger partial charge in [-0.2, -0.15) is 0 Å². The van der Waals surface area contributed by atoms with Crippen LogP contribution in [0.2, 0.25) is 0 Å². The fourth-order valence-electron chi connectivity index (χ4n) is 3.55. The van der Waals surface area contributed by atoms with Crippen molar-refractivity contribution in [1.29, 1.82) is 0 Å². The van der Waals surface area contributed by atoms with Gasteiger partial charge in [-0.3, -0.25) is 4.90 Å². The Labute approximate surface area is 164 Å². The van der Waals surface area contributed by atoms with Crippen molar-refractivity contribution in [1.82, 2.24) is 10.2 Å². The Morgan fingerprint density at radius 3 is 2.43 bits per heavy atom. The number of nitrogens with one attached hydrogen (secondary N) is 2. The minimum Gasteiger partial charge on any atom is -0.477 e. The van der Waals surface area contributed by atoms with E-state index in [0.717, 1.165) is 39.0 Å². The Balaban J connectivity index is 1.41. The minimum absolute atomic E-state index is 0.0715. The molecule has 8 nitrogen and oxygen atoms in total. The summed E-state index contributed by atoms with van der Waals surface area (Å²) in [6.07, 6.45) is 2.30. The lowest BCUT2D eigenvalue weighted by Gasteiger charge is -2.37. The van der Waals surface area contributed by atoms with Gasteiger partial charge in [0.25, 0.3) is 0 Å². The summed E-state index contributed by atoms with van der Waals surface area (Å²) in [5.41, 5.74) is 4.00. The summed E-state index contributed by atoms with van der Waals surface area (Å²) < 4.78 is 4.83. The molecule has 3 N–H and O–H groups in total. The van der Waals surface area contributed by atoms with Crippen LogP contribution in [-0.4, -0.2) is 61.3 Å². The molecule has 2 aromatic rings. The zero-order chi connectivity index (χ0) is 20.1. The van der Waals surface area contributed by atoms with E-state index in [9.17, 15) is 9.59 Å². The van der Waals surface area contributed by atoms with Gasteiger partial charge in [0.1, 0.15) is 18.1 Å². The van der Waals surface area contributed by atoms with E-state index < -0.39 is 12.0 Å². The number of amides is 2. The van der Waals surface area contributed by atoms with Crippen molar-refractivity contribution in [2.75, 3.05) is 49.5 Å². The van der Waals surface area contributed by atoms with Gasteiger partial charge in [-0.1, -0.05) is 18.2 Å². The summed E-state index contributed by atoms with van der Waals surface area (Å²) >= 11 is 0. The van der Waals surface area contributed by atoms with Crippen LogP contribution in [0.4, 0.5) is 16.2 Å². The second-order valence-electron chi connectivity index (χ2n) is 6.95. The van der Waals surface area contributed by atoms with Crippen LogP contribution in [0.1, 0.15) is 21.5 Å². The molecular formula is C20H26N4O4. The van der Waals surface area contributed by atoms with Crippen molar-refractivity contribution in [3.05, 3.63) is 47.4 Å². The first-order valence-electron chi connectivity index (χ1n) is 9.33. The molecule has 0 bridgehead atoms. The van der Waals surface area contributed by atoms with E-state index in [-0.39, 0.29) is 11.3 Å². The Morgan fingerprint density at radius 1 is 1.11 bits per heavy atom. The van der Waals surface area contributed by atoms with Crippen LogP contribution in [-0.2, 0) is 0 Å². The average Bonchev–Trinajstić information content (AvgIpc) is 3.11. The van der Waals surface area contributed by atoms with E-state index in [1.54, 1.807) is 0 Å². The standard InChI is InChI=1S/C20H26N4O4/c1-14-4-3-5-15(2)18(14)24-10-8-23(9-11-24)7-6-21-20(27)22-17-13-28-12-16(17)19(25)26/h3-5,12-13H,6-11H2,1-2H3,(H,25,26)(H2,21,22,27). The van der Waals surface area contributed by atoms with Gasteiger partial charge >= 0.3 is 12.0 Å². The fraction of sp³-hybridized carbons (Fsp3) is 0.400. The molecule has 28 heavy (non-hydrogen) atoms. The minimum atomic E-state index is -1.15. The monoisotopic (exact) mass is 386 g/mol. The van der Waals surface area contributed by atoms with Gasteiger partial charge in [0.15, 0.2) is 0 Å². The lowest BCUT2D eigenvalue weighted by molar-refractivity contribution is 0.0697. The number of carbonyl (C=O) groups excluding carboxylic acids is 1. The number of nitrogens with zero attached hydrogens (tertiary/aromatic N) is 2. The van der Waals surface area contributed by atoms with Gasteiger partial charge in [-0.25, -0.2) is 9.59 Å².